The van der Waals surface area contributed by atoms with Crippen LogP contribution in [0.3, 0.4) is 0 Å². The van der Waals surface area contributed by atoms with E-state index in [1.807, 2.05) is 18.7 Å². The van der Waals surface area contributed by atoms with E-state index in [9.17, 15) is 5.11 Å². The number of hydrogen-bond donors (Lipinski definition) is 1. The third kappa shape index (κ3) is 3.80. The summed E-state index contributed by atoms with van der Waals surface area (Å²) >= 11 is 1.84. The summed E-state index contributed by atoms with van der Waals surface area (Å²) in [5.74, 6) is 2.85. The maximum absolute atomic E-state index is 9.42. The molecule has 84 valence electrons. The van der Waals surface area contributed by atoms with Crippen LogP contribution in [0, 0.1) is 6.92 Å². The van der Waals surface area contributed by atoms with Crippen molar-refractivity contribution in [2.24, 2.45) is 0 Å². The first-order valence-electron chi connectivity index (χ1n) is 5.23. The Kier molecular flexibility index (Phi) is 5.05. The lowest BCUT2D eigenvalue weighted by Gasteiger charge is -2.08. The largest absolute Gasteiger partial charge is 0.389 e. The number of aliphatic hydroxyl groups is 1. The lowest BCUT2D eigenvalue weighted by molar-refractivity contribution is 0.197. The van der Waals surface area contributed by atoms with E-state index in [4.69, 9.17) is 0 Å². The molecule has 1 N–H and O–H groups in total. The molecule has 1 aromatic rings. The Morgan fingerprint density at radius 2 is 2.27 bits per heavy atom. The lowest BCUT2D eigenvalue weighted by atomic mass is 10.1. The van der Waals surface area contributed by atoms with Gasteiger partial charge in [-0.25, -0.2) is 9.97 Å². The molecule has 0 saturated carbocycles. The van der Waals surface area contributed by atoms with Gasteiger partial charge in [-0.2, -0.15) is 11.8 Å². The molecule has 0 aromatic carbocycles. The number of nitrogens with zero attached hydrogens (tertiary/aromatic N) is 2. The Hall–Kier alpha value is -0.610. The number of rotatable bonds is 5. The van der Waals surface area contributed by atoms with Crippen molar-refractivity contribution in [1.82, 2.24) is 9.97 Å². The van der Waals surface area contributed by atoms with Crippen molar-refractivity contribution >= 4 is 11.8 Å². The molecule has 1 aromatic heterocycles. The van der Waals surface area contributed by atoms with Crippen molar-refractivity contribution in [2.45, 2.75) is 39.0 Å². The molecule has 1 unspecified atom stereocenters. The molecular weight excluding hydrogens is 208 g/mol. The molecular formula is C11H18N2OS. The van der Waals surface area contributed by atoms with Crippen LogP contribution in [0.25, 0.3) is 0 Å². The molecule has 15 heavy (non-hydrogen) atoms. The summed E-state index contributed by atoms with van der Waals surface area (Å²) in [6.07, 6.45) is 2.42. The van der Waals surface area contributed by atoms with Crippen LogP contribution >= 0.6 is 11.8 Å². The first kappa shape index (κ1) is 12.5. The molecule has 4 heteroatoms. The second-order valence-corrected chi connectivity index (χ2v) is 4.66. The predicted molar refractivity (Wildman–Crippen MR) is 63.9 cm³/mol. The summed E-state index contributed by atoms with van der Waals surface area (Å²) < 4.78 is 0. The van der Waals surface area contributed by atoms with E-state index in [0.717, 1.165) is 28.6 Å². The summed E-state index contributed by atoms with van der Waals surface area (Å²) in [5.41, 5.74) is 1.70. The molecule has 0 fully saturated rings. The Balaban J connectivity index is 2.65. The number of aryl methyl sites for hydroxylation is 1. The van der Waals surface area contributed by atoms with Crippen LogP contribution in [0.2, 0.25) is 0 Å². The van der Waals surface area contributed by atoms with E-state index in [-0.39, 0.29) is 0 Å². The standard InChI is InChI=1S/C11H18N2OS/c1-4-5-15-7-11-12-6-10(9(3)14)8(2)13-11/h6,9,14H,4-5,7H2,1-3H3. The van der Waals surface area contributed by atoms with E-state index >= 15 is 0 Å². The zero-order valence-electron chi connectivity index (χ0n) is 9.53. The molecule has 0 aliphatic rings. The number of thioether (sulfide) groups is 1. The van der Waals surface area contributed by atoms with E-state index < -0.39 is 6.10 Å². The molecule has 0 aliphatic heterocycles. The first-order valence-corrected chi connectivity index (χ1v) is 6.38. The predicted octanol–water partition coefficient (Wildman–Crippen LogP) is 2.48. The average molecular weight is 226 g/mol. The maximum Gasteiger partial charge on any atom is 0.138 e. The first-order chi connectivity index (χ1) is 7.15. The molecule has 0 saturated heterocycles. The van der Waals surface area contributed by atoms with Crippen LogP contribution in [0.4, 0.5) is 0 Å². The highest BCUT2D eigenvalue weighted by Crippen LogP contribution is 2.16. The fourth-order valence-corrected chi connectivity index (χ4v) is 2.07. The third-order valence-electron chi connectivity index (χ3n) is 2.10. The smallest absolute Gasteiger partial charge is 0.138 e. The third-order valence-corrected chi connectivity index (χ3v) is 3.26. The van der Waals surface area contributed by atoms with E-state index in [0.29, 0.717) is 0 Å². The monoisotopic (exact) mass is 226 g/mol. The molecule has 0 bridgehead atoms. The van der Waals surface area contributed by atoms with Crippen LogP contribution < -0.4 is 0 Å². The van der Waals surface area contributed by atoms with Crippen LogP contribution in [-0.2, 0) is 5.75 Å². The van der Waals surface area contributed by atoms with Gasteiger partial charge in [-0.15, -0.1) is 0 Å². The van der Waals surface area contributed by atoms with Crippen LogP contribution in [-0.4, -0.2) is 20.8 Å². The number of aromatic nitrogens is 2. The molecule has 0 radical (unpaired) electrons. The van der Waals surface area contributed by atoms with Gasteiger partial charge in [-0.1, -0.05) is 6.92 Å². The summed E-state index contributed by atoms with van der Waals surface area (Å²) in [7, 11) is 0. The Morgan fingerprint density at radius 1 is 1.53 bits per heavy atom. The number of aliphatic hydroxyl groups excluding tert-OH is 1. The highest BCUT2D eigenvalue weighted by atomic mass is 32.2. The number of hydrogen-bond acceptors (Lipinski definition) is 4. The average Bonchev–Trinajstić information content (AvgIpc) is 2.17. The zero-order valence-corrected chi connectivity index (χ0v) is 10.3. The van der Waals surface area contributed by atoms with Gasteiger partial charge in [-0.05, 0) is 26.0 Å². The van der Waals surface area contributed by atoms with E-state index in [2.05, 4.69) is 16.9 Å². The summed E-state index contributed by atoms with van der Waals surface area (Å²) in [6, 6.07) is 0. The minimum absolute atomic E-state index is 0.484. The quantitative estimate of drug-likeness (QED) is 0.783. The van der Waals surface area contributed by atoms with Crippen molar-refractivity contribution < 1.29 is 5.11 Å². The second kappa shape index (κ2) is 6.08. The normalized spacial score (nSPS) is 12.8. The minimum Gasteiger partial charge on any atom is -0.389 e. The van der Waals surface area contributed by atoms with Crippen LogP contribution in [0.15, 0.2) is 6.20 Å². The van der Waals surface area contributed by atoms with Gasteiger partial charge in [-0.3, -0.25) is 0 Å². The SMILES string of the molecule is CCCSCc1ncc(C(C)O)c(C)n1. The fraction of sp³-hybridized carbons (Fsp3) is 0.636. The molecule has 1 heterocycles. The van der Waals surface area contributed by atoms with Gasteiger partial charge in [0.25, 0.3) is 0 Å². The van der Waals surface area contributed by atoms with Crippen molar-refractivity contribution in [1.29, 1.82) is 0 Å². The van der Waals surface area contributed by atoms with Gasteiger partial charge in [0, 0.05) is 17.5 Å². The lowest BCUT2D eigenvalue weighted by Crippen LogP contribution is -2.02. The van der Waals surface area contributed by atoms with Crippen molar-refractivity contribution in [2.75, 3.05) is 5.75 Å². The van der Waals surface area contributed by atoms with E-state index in [1.54, 1.807) is 13.1 Å². The summed E-state index contributed by atoms with van der Waals surface area (Å²) in [5, 5.41) is 9.42. The van der Waals surface area contributed by atoms with Crippen molar-refractivity contribution in [3.63, 3.8) is 0 Å². The van der Waals surface area contributed by atoms with Gasteiger partial charge in [0.15, 0.2) is 0 Å². The van der Waals surface area contributed by atoms with Crippen LogP contribution in [0.1, 0.15) is 43.5 Å². The van der Waals surface area contributed by atoms with Crippen LogP contribution in [0.5, 0.6) is 0 Å². The molecule has 0 spiro atoms. The molecule has 3 nitrogen and oxygen atoms in total. The zero-order chi connectivity index (χ0) is 11.3. The summed E-state index contributed by atoms with van der Waals surface area (Å²) in [4.78, 5) is 8.61. The molecule has 1 rings (SSSR count). The second-order valence-electron chi connectivity index (χ2n) is 3.56. The fourth-order valence-electron chi connectivity index (χ4n) is 1.31. The highest BCUT2D eigenvalue weighted by molar-refractivity contribution is 7.98. The highest BCUT2D eigenvalue weighted by Gasteiger charge is 2.07. The minimum atomic E-state index is -0.484. The van der Waals surface area contributed by atoms with Gasteiger partial charge in [0.2, 0.25) is 0 Å². The van der Waals surface area contributed by atoms with Gasteiger partial charge in [0.1, 0.15) is 5.82 Å². The van der Waals surface area contributed by atoms with Crippen molar-refractivity contribution in [3.05, 3.63) is 23.3 Å². The Bertz CT molecular complexity index is 315. The molecule has 0 amide bonds. The van der Waals surface area contributed by atoms with Gasteiger partial charge >= 0.3 is 0 Å². The van der Waals surface area contributed by atoms with Gasteiger partial charge < -0.3 is 5.11 Å². The molecule has 0 aliphatic carbocycles. The molecule has 1 atom stereocenters. The maximum atomic E-state index is 9.42. The summed E-state index contributed by atoms with van der Waals surface area (Å²) in [6.45, 7) is 5.81. The Labute approximate surface area is 95.3 Å². The van der Waals surface area contributed by atoms with Crippen molar-refractivity contribution in [3.8, 4) is 0 Å². The topological polar surface area (TPSA) is 46.0 Å². The van der Waals surface area contributed by atoms with Gasteiger partial charge in [0.05, 0.1) is 11.9 Å². The van der Waals surface area contributed by atoms with E-state index in [1.165, 1.54) is 6.42 Å². The Morgan fingerprint density at radius 3 is 2.80 bits per heavy atom.